The molecule has 0 radical (unpaired) electrons. The molecule has 1 aliphatic heterocycles. The van der Waals surface area contributed by atoms with E-state index < -0.39 is 48.4 Å². The number of amides is 2. The topological polar surface area (TPSA) is 219 Å². The van der Waals surface area contributed by atoms with Crippen LogP contribution in [0.25, 0.3) is 0 Å². The summed E-state index contributed by atoms with van der Waals surface area (Å²) in [4.78, 5) is 37.2. The monoisotopic (exact) mass is 386 g/mol. The number of rotatable bonds is 9. The number of esters is 1. The maximum Gasteiger partial charge on any atom is 0.323 e. The number of nitrogens with two attached hydrogens (primary N) is 3. The van der Waals surface area contributed by atoms with Crippen molar-refractivity contribution in [2.45, 2.75) is 49.8 Å². The number of nitrogens with zero attached hydrogens (tertiary/aromatic N) is 3. The molecule has 0 saturated carbocycles. The van der Waals surface area contributed by atoms with E-state index in [4.69, 9.17) is 26.7 Å². The third-order valence-electron chi connectivity index (χ3n) is 3.96. The van der Waals surface area contributed by atoms with Gasteiger partial charge in [0.1, 0.15) is 37.3 Å². The van der Waals surface area contributed by atoms with Gasteiger partial charge in [0.25, 0.3) is 5.91 Å². The van der Waals surface area contributed by atoms with Gasteiger partial charge in [-0.25, -0.2) is 9.67 Å². The van der Waals surface area contributed by atoms with Crippen LogP contribution in [0.1, 0.15) is 36.1 Å². The van der Waals surface area contributed by atoms with Gasteiger partial charge in [-0.05, 0) is 12.8 Å². The standard InChI is InChI=1S/C14H22N6O7/c15-6(2-1-3-8(16)21)14(25)26-4-7-9(22)10(23)13(27-7)20-5-18-12(19-20)11(17)24/h5-7,9-10,13,22-23H,1-4,15H2,(H2,16,21)(H2,17,24)/t6-,7-,9-,10-,13-/m1/s1. The molecule has 1 saturated heterocycles. The van der Waals surface area contributed by atoms with Gasteiger partial charge in [-0.2, -0.15) is 0 Å². The van der Waals surface area contributed by atoms with Crippen molar-refractivity contribution in [2.24, 2.45) is 17.2 Å². The fourth-order valence-corrected chi connectivity index (χ4v) is 2.48. The summed E-state index contributed by atoms with van der Waals surface area (Å²) in [6, 6.07) is -0.961. The molecule has 0 unspecified atom stereocenters. The van der Waals surface area contributed by atoms with Crippen LogP contribution in [0.15, 0.2) is 6.33 Å². The molecule has 13 heteroatoms. The van der Waals surface area contributed by atoms with Crippen molar-refractivity contribution in [1.82, 2.24) is 14.8 Å². The van der Waals surface area contributed by atoms with E-state index in [1.165, 1.54) is 0 Å². The van der Waals surface area contributed by atoms with Gasteiger partial charge < -0.3 is 36.9 Å². The Labute approximate surface area is 153 Å². The van der Waals surface area contributed by atoms with Crippen molar-refractivity contribution in [1.29, 1.82) is 0 Å². The SMILES string of the molecule is NC(=O)CCC[C@@H](N)C(=O)OC[C@H]1O[C@@H](n2cnc(C(N)=O)n2)[C@H](O)[C@@H]1O. The lowest BCUT2D eigenvalue weighted by molar-refractivity contribution is -0.152. The molecular formula is C14H22N6O7. The summed E-state index contributed by atoms with van der Waals surface area (Å²) in [5.74, 6) is -2.38. The van der Waals surface area contributed by atoms with Crippen LogP contribution >= 0.6 is 0 Å². The average molecular weight is 386 g/mol. The molecule has 0 aliphatic carbocycles. The minimum atomic E-state index is -1.40. The van der Waals surface area contributed by atoms with Crippen LogP contribution in [0.5, 0.6) is 0 Å². The second-order valence-corrected chi connectivity index (χ2v) is 6.05. The molecule has 0 aromatic carbocycles. The van der Waals surface area contributed by atoms with Gasteiger partial charge in [0.15, 0.2) is 6.23 Å². The number of ether oxygens (including phenoxy) is 2. The third-order valence-corrected chi connectivity index (χ3v) is 3.96. The lowest BCUT2D eigenvalue weighted by Crippen LogP contribution is -2.38. The largest absolute Gasteiger partial charge is 0.462 e. The molecule has 2 amide bonds. The average Bonchev–Trinajstić information content (AvgIpc) is 3.19. The number of aliphatic hydroxyl groups is 2. The normalized spacial score (nSPS) is 25.9. The van der Waals surface area contributed by atoms with Crippen LogP contribution in [-0.2, 0) is 19.1 Å². The first kappa shape index (κ1) is 20.7. The lowest BCUT2D eigenvalue weighted by Gasteiger charge is -2.16. The van der Waals surface area contributed by atoms with Crippen molar-refractivity contribution in [3.8, 4) is 0 Å². The smallest absolute Gasteiger partial charge is 0.323 e. The third kappa shape index (κ3) is 5.19. The highest BCUT2D eigenvalue weighted by molar-refractivity contribution is 5.88. The van der Waals surface area contributed by atoms with E-state index in [0.717, 1.165) is 11.0 Å². The predicted molar refractivity (Wildman–Crippen MR) is 86.4 cm³/mol. The van der Waals surface area contributed by atoms with E-state index in [2.05, 4.69) is 10.1 Å². The summed E-state index contributed by atoms with van der Waals surface area (Å²) < 4.78 is 11.5. The molecule has 150 valence electrons. The molecule has 8 N–H and O–H groups in total. The van der Waals surface area contributed by atoms with Crippen molar-refractivity contribution in [2.75, 3.05) is 6.61 Å². The first-order chi connectivity index (χ1) is 12.7. The first-order valence-corrected chi connectivity index (χ1v) is 8.13. The van der Waals surface area contributed by atoms with Gasteiger partial charge in [-0.3, -0.25) is 14.4 Å². The Morgan fingerprint density at radius 3 is 2.59 bits per heavy atom. The molecule has 27 heavy (non-hydrogen) atoms. The zero-order valence-electron chi connectivity index (χ0n) is 14.3. The van der Waals surface area contributed by atoms with Gasteiger partial charge in [0.05, 0.1) is 0 Å². The van der Waals surface area contributed by atoms with E-state index in [1.807, 2.05) is 0 Å². The fourth-order valence-electron chi connectivity index (χ4n) is 2.48. The number of hydrogen-bond donors (Lipinski definition) is 5. The molecule has 5 atom stereocenters. The summed E-state index contributed by atoms with van der Waals surface area (Å²) in [6.45, 7) is -0.367. The molecule has 1 aromatic heterocycles. The second kappa shape index (κ2) is 8.85. The lowest BCUT2D eigenvalue weighted by atomic mass is 10.1. The van der Waals surface area contributed by atoms with E-state index in [-0.39, 0.29) is 25.3 Å². The predicted octanol–water partition coefficient (Wildman–Crippen LogP) is -3.48. The van der Waals surface area contributed by atoms with E-state index in [0.29, 0.717) is 6.42 Å². The molecule has 1 aliphatic rings. The van der Waals surface area contributed by atoms with E-state index >= 15 is 0 Å². The highest BCUT2D eigenvalue weighted by Gasteiger charge is 2.45. The summed E-state index contributed by atoms with van der Waals surface area (Å²) in [5.41, 5.74) is 15.7. The van der Waals surface area contributed by atoms with Gasteiger partial charge in [-0.1, -0.05) is 0 Å². The Morgan fingerprint density at radius 1 is 1.30 bits per heavy atom. The van der Waals surface area contributed by atoms with E-state index in [9.17, 15) is 24.6 Å². The summed E-state index contributed by atoms with van der Waals surface area (Å²) in [6.07, 6.45) is -3.22. The zero-order valence-corrected chi connectivity index (χ0v) is 14.3. The van der Waals surface area contributed by atoms with Crippen molar-refractivity contribution >= 4 is 17.8 Å². The van der Waals surface area contributed by atoms with Crippen molar-refractivity contribution < 1.29 is 34.1 Å². The number of hydrogen-bond acceptors (Lipinski definition) is 10. The van der Waals surface area contributed by atoms with Gasteiger partial charge in [0, 0.05) is 6.42 Å². The summed E-state index contributed by atoms with van der Waals surface area (Å²) in [5, 5.41) is 23.9. The highest BCUT2D eigenvalue weighted by atomic mass is 16.6. The van der Waals surface area contributed by atoms with Crippen molar-refractivity contribution in [3.63, 3.8) is 0 Å². The Morgan fingerprint density at radius 2 is 2.00 bits per heavy atom. The second-order valence-electron chi connectivity index (χ2n) is 6.05. The maximum atomic E-state index is 11.9. The molecule has 2 rings (SSSR count). The maximum absolute atomic E-state index is 11.9. The van der Waals surface area contributed by atoms with Crippen LogP contribution in [0.3, 0.4) is 0 Å². The van der Waals surface area contributed by atoms with Crippen LogP contribution in [0, 0.1) is 0 Å². The quantitative estimate of drug-likeness (QED) is 0.264. The number of aromatic nitrogens is 3. The first-order valence-electron chi connectivity index (χ1n) is 8.13. The Bertz CT molecular complexity index is 695. The van der Waals surface area contributed by atoms with Crippen LogP contribution in [-0.4, -0.2) is 73.7 Å². The molecule has 0 spiro atoms. The van der Waals surface area contributed by atoms with Gasteiger partial charge >= 0.3 is 5.97 Å². The number of aliphatic hydroxyl groups excluding tert-OH is 2. The van der Waals surface area contributed by atoms with Gasteiger partial charge in [0.2, 0.25) is 11.7 Å². The zero-order chi connectivity index (χ0) is 20.1. The Kier molecular flexibility index (Phi) is 6.79. The number of carbonyl (C=O) groups excluding carboxylic acids is 3. The molecular weight excluding hydrogens is 364 g/mol. The van der Waals surface area contributed by atoms with E-state index in [1.54, 1.807) is 0 Å². The van der Waals surface area contributed by atoms with Gasteiger partial charge in [-0.15, -0.1) is 5.10 Å². The van der Waals surface area contributed by atoms with Crippen LogP contribution in [0.2, 0.25) is 0 Å². The van der Waals surface area contributed by atoms with Crippen LogP contribution < -0.4 is 17.2 Å². The minimum Gasteiger partial charge on any atom is -0.462 e. The molecule has 2 heterocycles. The molecule has 13 nitrogen and oxygen atoms in total. The fraction of sp³-hybridized carbons (Fsp3) is 0.643. The number of primary amides is 2. The Balaban J connectivity index is 1.87. The molecule has 1 aromatic rings. The van der Waals surface area contributed by atoms with Crippen molar-refractivity contribution in [3.05, 3.63) is 12.2 Å². The summed E-state index contributed by atoms with van der Waals surface area (Å²) >= 11 is 0. The number of carbonyl (C=O) groups is 3. The minimum absolute atomic E-state index is 0.102. The van der Waals surface area contributed by atoms with Crippen LogP contribution in [0.4, 0.5) is 0 Å². The Hall–Kier alpha value is -2.61. The highest BCUT2D eigenvalue weighted by Crippen LogP contribution is 2.29. The summed E-state index contributed by atoms with van der Waals surface area (Å²) in [7, 11) is 0. The molecule has 0 bridgehead atoms. The molecule has 1 fully saturated rings.